The highest BCUT2D eigenvalue weighted by Crippen LogP contribution is 2.39. The lowest BCUT2D eigenvalue weighted by Crippen LogP contribution is -2.16. The molecule has 0 bridgehead atoms. The van der Waals surface area contributed by atoms with Crippen molar-refractivity contribution in [3.05, 3.63) is 57.1 Å². The lowest BCUT2D eigenvalue weighted by molar-refractivity contribution is -0.131. The summed E-state index contributed by atoms with van der Waals surface area (Å²) >= 11 is 2.90. The van der Waals surface area contributed by atoms with Crippen LogP contribution in [-0.2, 0) is 9.59 Å². The number of carboxylic acids is 1. The Bertz CT molecular complexity index is 805. The maximum Gasteiger partial charge on any atom is 0.328 e. The second-order valence-corrected chi connectivity index (χ2v) is 6.54. The van der Waals surface area contributed by atoms with E-state index < -0.39 is 5.97 Å². The molecule has 110 valence electrons. The zero-order chi connectivity index (χ0) is 15.5. The number of benzene rings is 1. The van der Waals surface area contributed by atoms with E-state index in [1.54, 1.807) is 0 Å². The van der Waals surface area contributed by atoms with Gasteiger partial charge in [-0.2, -0.15) is 0 Å². The van der Waals surface area contributed by atoms with Gasteiger partial charge in [0, 0.05) is 15.8 Å². The minimum absolute atomic E-state index is 0.125. The average Bonchev–Trinajstić information content (AvgIpc) is 2.93. The van der Waals surface area contributed by atoms with Gasteiger partial charge in [-0.1, -0.05) is 23.9 Å². The number of rotatable bonds is 3. The number of carbonyl (C=O) groups excluding carboxylic acids is 1. The van der Waals surface area contributed by atoms with Gasteiger partial charge in [0.05, 0.1) is 10.6 Å². The van der Waals surface area contributed by atoms with E-state index in [0.717, 1.165) is 27.1 Å². The van der Waals surface area contributed by atoms with Crippen LogP contribution in [-0.4, -0.2) is 17.0 Å². The van der Waals surface area contributed by atoms with E-state index in [4.69, 9.17) is 5.11 Å². The Morgan fingerprint density at radius 3 is 2.91 bits per heavy atom. The normalized spacial score (nSPS) is 15.8. The first-order valence-corrected chi connectivity index (χ1v) is 8.11. The van der Waals surface area contributed by atoms with Gasteiger partial charge in [-0.15, -0.1) is 11.3 Å². The van der Waals surface area contributed by atoms with Gasteiger partial charge in [0.1, 0.15) is 0 Å². The molecule has 1 aromatic heterocycles. The molecule has 0 aliphatic carbocycles. The Morgan fingerprint density at radius 2 is 2.09 bits per heavy atom. The van der Waals surface area contributed by atoms with Crippen molar-refractivity contribution in [2.75, 3.05) is 5.32 Å². The minimum Gasteiger partial charge on any atom is -0.478 e. The van der Waals surface area contributed by atoms with Crippen LogP contribution in [0.2, 0.25) is 0 Å². The molecular formula is C16H11NO3S2. The summed E-state index contributed by atoms with van der Waals surface area (Å²) in [5, 5.41) is 13.3. The molecule has 2 N–H and O–H groups in total. The first-order chi connectivity index (χ1) is 10.6. The van der Waals surface area contributed by atoms with Crippen LogP contribution in [0.3, 0.4) is 0 Å². The highest BCUT2D eigenvalue weighted by molar-refractivity contribution is 8.04. The van der Waals surface area contributed by atoms with E-state index in [1.807, 2.05) is 41.8 Å². The summed E-state index contributed by atoms with van der Waals surface area (Å²) in [5.41, 5.74) is 1.63. The van der Waals surface area contributed by atoms with E-state index in [-0.39, 0.29) is 5.91 Å². The van der Waals surface area contributed by atoms with Crippen molar-refractivity contribution in [3.8, 4) is 0 Å². The summed E-state index contributed by atoms with van der Waals surface area (Å²) in [7, 11) is 0. The Morgan fingerprint density at radius 1 is 1.27 bits per heavy atom. The molecule has 0 spiro atoms. The Labute approximate surface area is 135 Å². The summed E-state index contributed by atoms with van der Waals surface area (Å²) in [5.74, 6) is -1.11. The average molecular weight is 329 g/mol. The molecule has 6 heteroatoms. The summed E-state index contributed by atoms with van der Waals surface area (Å²) < 4.78 is 0. The number of fused-ring (bicyclic) bond motifs is 1. The SMILES string of the molecule is O=C(O)/C=C/c1csc(/C=C2\Sc3ccccc3NC2=O)c1. The molecule has 0 fully saturated rings. The maximum atomic E-state index is 12.1. The van der Waals surface area contributed by atoms with Crippen LogP contribution in [0.25, 0.3) is 12.2 Å². The zero-order valence-electron chi connectivity index (χ0n) is 11.3. The quantitative estimate of drug-likeness (QED) is 0.837. The highest BCUT2D eigenvalue weighted by atomic mass is 32.2. The molecule has 0 radical (unpaired) electrons. The van der Waals surface area contributed by atoms with Gasteiger partial charge in [0.15, 0.2) is 0 Å². The van der Waals surface area contributed by atoms with Gasteiger partial charge in [0.2, 0.25) is 0 Å². The standard InChI is InChI=1S/C16H11NO3S2/c18-15(19)6-5-10-7-11(21-9-10)8-14-16(20)17-12-3-1-2-4-13(12)22-14/h1-9H,(H,17,20)(H,18,19)/b6-5+,14-8-. The molecule has 1 aliphatic rings. The summed E-state index contributed by atoms with van der Waals surface area (Å²) in [6, 6.07) is 9.50. The number of carboxylic acid groups (broad SMARTS) is 1. The number of hydrogen-bond acceptors (Lipinski definition) is 4. The number of aliphatic carboxylic acids is 1. The number of thioether (sulfide) groups is 1. The highest BCUT2D eigenvalue weighted by Gasteiger charge is 2.20. The van der Waals surface area contributed by atoms with Crippen molar-refractivity contribution in [1.82, 2.24) is 0 Å². The number of para-hydroxylation sites is 1. The van der Waals surface area contributed by atoms with E-state index in [1.165, 1.54) is 29.2 Å². The molecule has 4 nitrogen and oxygen atoms in total. The van der Waals surface area contributed by atoms with Gasteiger partial charge < -0.3 is 10.4 Å². The zero-order valence-corrected chi connectivity index (χ0v) is 12.9. The van der Waals surface area contributed by atoms with Crippen LogP contribution >= 0.6 is 23.1 Å². The molecular weight excluding hydrogens is 318 g/mol. The molecule has 22 heavy (non-hydrogen) atoms. The predicted octanol–water partition coefficient (Wildman–Crippen LogP) is 3.93. The number of hydrogen-bond donors (Lipinski definition) is 2. The largest absolute Gasteiger partial charge is 0.478 e. The van der Waals surface area contributed by atoms with Crippen molar-refractivity contribution in [3.63, 3.8) is 0 Å². The molecule has 2 aromatic rings. The number of anilines is 1. The maximum absolute atomic E-state index is 12.1. The summed E-state index contributed by atoms with van der Waals surface area (Å²) in [6.45, 7) is 0. The van der Waals surface area contributed by atoms with E-state index in [0.29, 0.717) is 4.91 Å². The fourth-order valence-electron chi connectivity index (χ4n) is 1.93. The minimum atomic E-state index is -0.982. The topological polar surface area (TPSA) is 66.4 Å². The number of nitrogens with one attached hydrogen (secondary N) is 1. The van der Waals surface area contributed by atoms with Crippen molar-refractivity contribution >= 4 is 52.8 Å². The van der Waals surface area contributed by atoms with Crippen molar-refractivity contribution < 1.29 is 14.7 Å². The van der Waals surface area contributed by atoms with Gasteiger partial charge in [-0.05, 0) is 41.3 Å². The van der Waals surface area contributed by atoms with E-state index in [2.05, 4.69) is 5.32 Å². The van der Waals surface area contributed by atoms with Gasteiger partial charge in [-0.25, -0.2) is 4.79 Å². The van der Waals surface area contributed by atoms with Crippen LogP contribution in [0.5, 0.6) is 0 Å². The van der Waals surface area contributed by atoms with Crippen molar-refractivity contribution in [2.24, 2.45) is 0 Å². The van der Waals surface area contributed by atoms with Crippen molar-refractivity contribution in [1.29, 1.82) is 0 Å². The first-order valence-electron chi connectivity index (χ1n) is 6.41. The second kappa shape index (κ2) is 6.21. The molecule has 1 aliphatic heterocycles. The summed E-state index contributed by atoms with van der Waals surface area (Å²) in [4.78, 5) is 25.1. The van der Waals surface area contributed by atoms with Gasteiger partial charge >= 0.3 is 5.97 Å². The predicted molar refractivity (Wildman–Crippen MR) is 89.9 cm³/mol. The molecule has 0 saturated carbocycles. The van der Waals surface area contributed by atoms with Gasteiger partial charge in [0.25, 0.3) is 5.91 Å². The third-order valence-corrected chi connectivity index (χ3v) is 4.91. The Balaban J connectivity index is 1.84. The lowest BCUT2D eigenvalue weighted by Gasteiger charge is -2.17. The monoisotopic (exact) mass is 329 g/mol. The molecule has 1 amide bonds. The molecule has 0 unspecified atom stereocenters. The number of amides is 1. The lowest BCUT2D eigenvalue weighted by atomic mass is 10.2. The number of thiophene rings is 1. The number of carbonyl (C=O) groups is 2. The molecule has 3 rings (SSSR count). The van der Waals surface area contributed by atoms with Crippen LogP contribution in [0.15, 0.2) is 51.6 Å². The van der Waals surface area contributed by atoms with Crippen LogP contribution < -0.4 is 5.32 Å². The van der Waals surface area contributed by atoms with Gasteiger partial charge in [-0.3, -0.25) is 4.79 Å². The Hall–Kier alpha value is -2.31. The molecule has 0 atom stereocenters. The third kappa shape index (κ3) is 3.29. The van der Waals surface area contributed by atoms with Crippen LogP contribution in [0.4, 0.5) is 5.69 Å². The molecule has 2 heterocycles. The fourth-order valence-corrected chi connectivity index (χ4v) is 3.76. The smallest absolute Gasteiger partial charge is 0.328 e. The first kappa shape index (κ1) is 14.6. The summed E-state index contributed by atoms with van der Waals surface area (Å²) in [6.07, 6.45) is 4.44. The Kier molecular flexibility index (Phi) is 4.13. The van der Waals surface area contributed by atoms with Crippen molar-refractivity contribution in [2.45, 2.75) is 4.90 Å². The van der Waals surface area contributed by atoms with E-state index in [9.17, 15) is 9.59 Å². The van der Waals surface area contributed by atoms with E-state index >= 15 is 0 Å². The third-order valence-electron chi connectivity index (χ3n) is 2.91. The fraction of sp³-hybridized carbons (Fsp3) is 0. The molecule has 1 aromatic carbocycles. The second-order valence-electron chi connectivity index (χ2n) is 4.51. The van der Waals surface area contributed by atoms with Crippen LogP contribution in [0.1, 0.15) is 10.4 Å². The van der Waals surface area contributed by atoms with Crippen LogP contribution in [0, 0.1) is 0 Å². The molecule has 0 saturated heterocycles.